The van der Waals surface area contributed by atoms with Gasteiger partial charge in [0.05, 0.1) is 29.6 Å². The first-order valence-electron chi connectivity index (χ1n) is 10.2. The van der Waals surface area contributed by atoms with Crippen molar-refractivity contribution in [1.29, 1.82) is 0 Å². The summed E-state index contributed by atoms with van der Waals surface area (Å²) in [6, 6.07) is 4.87. The van der Waals surface area contributed by atoms with Crippen LogP contribution in [0.4, 0.5) is 0 Å². The van der Waals surface area contributed by atoms with Crippen molar-refractivity contribution < 1.29 is 23.4 Å². The maximum absolute atomic E-state index is 13.3. The molecule has 0 amide bonds. The van der Waals surface area contributed by atoms with E-state index in [1.165, 1.54) is 24.5 Å². The lowest BCUT2D eigenvalue weighted by Gasteiger charge is -2.30. The molecule has 1 aliphatic rings. The van der Waals surface area contributed by atoms with Crippen LogP contribution in [-0.4, -0.2) is 51.5 Å². The number of benzene rings is 1. The van der Waals surface area contributed by atoms with Crippen molar-refractivity contribution in [3.05, 3.63) is 28.9 Å². The lowest BCUT2D eigenvalue weighted by atomic mass is 9.98. The molecule has 3 aromatic rings. The highest BCUT2D eigenvalue weighted by molar-refractivity contribution is 7.89. The predicted molar refractivity (Wildman–Crippen MR) is 121 cm³/mol. The largest absolute Gasteiger partial charge is 0.495 e. The zero-order valence-corrected chi connectivity index (χ0v) is 20.6. The standard InChI is InChI=1S/C21H28N4O5S2/c1-12-16(25-18(22-12)31-17(23-25)19(2,3)26)13-7-8-14(30-6)15(11-13)32(28,29)24-21(9-10-21)20(4,5)27/h7-8,11,24,26-27H,9-10H2,1-6H3. The van der Waals surface area contributed by atoms with Crippen molar-refractivity contribution in [3.8, 4) is 17.0 Å². The number of aromatic nitrogens is 3. The Balaban J connectivity index is 1.83. The molecule has 1 saturated carbocycles. The van der Waals surface area contributed by atoms with Gasteiger partial charge in [-0.25, -0.2) is 22.6 Å². The van der Waals surface area contributed by atoms with Crippen LogP contribution in [0, 0.1) is 6.92 Å². The molecule has 3 N–H and O–H groups in total. The second kappa shape index (κ2) is 7.22. The molecule has 9 nitrogen and oxygen atoms in total. The van der Waals surface area contributed by atoms with Crippen LogP contribution in [-0.2, 0) is 15.6 Å². The van der Waals surface area contributed by atoms with Gasteiger partial charge in [-0.15, -0.1) is 0 Å². The lowest BCUT2D eigenvalue weighted by Crippen LogP contribution is -2.51. The van der Waals surface area contributed by atoms with E-state index in [4.69, 9.17) is 4.74 Å². The molecule has 0 saturated heterocycles. The van der Waals surface area contributed by atoms with E-state index in [1.807, 2.05) is 6.92 Å². The Morgan fingerprint density at radius 3 is 2.41 bits per heavy atom. The number of nitrogens with one attached hydrogen (secondary N) is 1. The van der Waals surface area contributed by atoms with E-state index in [0.717, 1.165) is 0 Å². The van der Waals surface area contributed by atoms with Crippen molar-refractivity contribution in [1.82, 2.24) is 19.3 Å². The lowest BCUT2D eigenvalue weighted by molar-refractivity contribution is 0.0349. The zero-order chi connectivity index (χ0) is 23.7. The first-order valence-corrected chi connectivity index (χ1v) is 12.5. The third-order valence-corrected chi connectivity index (χ3v) is 8.66. The molecule has 4 rings (SSSR count). The van der Waals surface area contributed by atoms with E-state index in [2.05, 4.69) is 14.8 Å². The van der Waals surface area contributed by atoms with Gasteiger partial charge in [0.15, 0.2) is 0 Å². The maximum atomic E-state index is 13.3. The van der Waals surface area contributed by atoms with Gasteiger partial charge in [0.25, 0.3) is 0 Å². The third-order valence-electron chi connectivity index (χ3n) is 5.88. The molecule has 32 heavy (non-hydrogen) atoms. The molecule has 0 bridgehead atoms. The Bertz CT molecular complexity index is 1290. The van der Waals surface area contributed by atoms with Gasteiger partial charge < -0.3 is 14.9 Å². The summed E-state index contributed by atoms with van der Waals surface area (Å²) in [6.07, 6.45) is 1.11. The summed E-state index contributed by atoms with van der Waals surface area (Å²) >= 11 is 1.28. The number of nitrogens with zero attached hydrogens (tertiary/aromatic N) is 3. The molecule has 11 heteroatoms. The van der Waals surface area contributed by atoms with Crippen LogP contribution in [0.25, 0.3) is 16.2 Å². The number of hydrogen-bond acceptors (Lipinski definition) is 8. The molecule has 2 heterocycles. The van der Waals surface area contributed by atoms with Crippen molar-refractivity contribution in [2.75, 3.05) is 7.11 Å². The van der Waals surface area contributed by atoms with E-state index in [9.17, 15) is 18.6 Å². The minimum atomic E-state index is -4.00. The van der Waals surface area contributed by atoms with Crippen LogP contribution in [0.5, 0.6) is 5.75 Å². The van der Waals surface area contributed by atoms with Gasteiger partial charge in [-0.1, -0.05) is 11.3 Å². The smallest absolute Gasteiger partial charge is 0.244 e. The molecule has 0 atom stereocenters. The van der Waals surface area contributed by atoms with Gasteiger partial charge in [-0.2, -0.15) is 5.10 Å². The number of imidazole rings is 1. The molecule has 0 unspecified atom stereocenters. The summed E-state index contributed by atoms with van der Waals surface area (Å²) in [4.78, 5) is 5.11. The number of sulfonamides is 1. The summed E-state index contributed by atoms with van der Waals surface area (Å²) < 4.78 is 36.4. The van der Waals surface area contributed by atoms with Gasteiger partial charge >= 0.3 is 0 Å². The number of rotatable bonds is 7. The van der Waals surface area contributed by atoms with Crippen molar-refractivity contribution >= 4 is 26.3 Å². The van der Waals surface area contributed by atoms with E-state index in [1.54, 1.807) is 44.3 Å². The number of methoxy groups -OCH3 is 1. The zero-order valence-electron chi connectivity index (χ0n) is 18.9. The van der Waals surface area contributed by atoms with Crippen molar-refractivity contribution in [2.45, 2.75) is 69.1 Å². The Morgan fingerprint density at radius 2 is 1.88 bits per heavy atom. The fraction of sp³-hybridized carbons (Fsp3) is 0.524. The first-order chi connectivity index (χ1) is 14.7. The van der Waals surface area contributed by atoms with Gasteiger partial charge in [0.1, 0.15) is 21.3 Å². The topological polar surface area (TPSA) is 126 Å². The molecule has 2 aromatic heterocycles. The highest BCUT2D eigenvalue weighted by Gasteiger charge is 2.56. The number of ether oxygens (including phenoxy) is 1. The Hall–Kier alpha value is -2.05. The van der Waals surface area contributed by atoms with Crippen LogP contribution in [0.2, 0.25) is 0 Å². The van der Waals surface area contributed by atoms with Crippen LogP contribution in [0.3, 0.4) is 0 Å². The van der Waals surface area contributed by atoms with Crippen LogP contribution in [0.1, 0.15) is 51.2 Å². The van der Waals surface area contributed by atoms with Gasteiger partial charge in [-0.05, 0) is 65.7 Å². The number of aliphatic hydroxyl groups is 2. The highest BCUT2D eigenvalue weighted by atomic mass is 32.2. The first kappa shape index (κ1) is 23.1. The van der Waals surface area contributed by atoms with Crippen LogP contribution in [0.15, 0.2) is 23.1 Å². The van der Waals surface area contributed by atoms with Gasteiger partial charge in [0.2, 0.25) is 15.0 Å². The monoisotopic (exact) mass is 480 g/mol. The SMILES string of the molecule is COc1ccc(-c2c(C)nc3sc(C(C)(C)O)nn23)cc1S(=O)(=O)NC1(C(C)(C)O)CC1. The maximum Gasteiger partial charge on any atom is 0.244 e. The number of fused-ring (bicyclic) bond motifs is 1. The van der Waals surface area contributed by atoms with E-state index in [-0.39, 0.29) is 10.6 Å². The van der Waals surface area contributed by atoms with E-state index >= 15 is 0 Å². The van der Waals surface area contributed by atoms with Crippen LogP contribution >= 0.6 is 11.3 Å². The summed E-state index contributed by atoms with van der Waals surface area (Å²) in [6.45, 7) is 8.33. The summed E-state index contributed by atoms with van der Waals surface area (Å²) in [5, 5.41) is 25.8. The van der Waals surface area contributed by atoms with E-state index in [0.29, 0.717) is 39.8 Å². The molecule has 0 spiro atoms. The summed E-state index contributed by atoms with van der Waals surface area (Å²) in [7, 11) is -2.59. The Labute approximate surface area is 191 Å². The molecular weight excluding hydrogens is 452 g/mol. The van der Waals surface area contributed by atoms with Gasteiger partial charge in [-0.3, -0.25) is 0 Å². The fourth-order valence-electron chi connectivity index (χ4n) is 3.74. The normalized spacial score (nSPS) is 16.5. The van der Waals surface area contributed by atoms with Gasteiger partial charge in [0, 0.05) is 5.56 Å². The molecule has 1 aromatic carbocycles. The minimum Gasteiger partial charge on any atom is -0.495 e. The predicted octanol–water partition coefficient (Wildman–Crippen LogP) is 2.58. The molecule has 0 radical (unpaired) electrons. The Kier molecular flexibility index (Phi) is 5.22. The molecule has 1 fully saturated rings. The molecule has 0 aliphatic heterocycles. The quantitative estimate of drug-likeness (QED) is 0.474. The molecule has 174 valence electrons. The minimum absolute atomic E-state index is 0.0275. The van der Waals surface area contributed by atoms with Crippen LogP contribution < -0.4 is 9.46 Å². The Morgan fingerprint density at radius 1 is 1.22 bits per heavy atom. The second-order valence-electron chi connectivity index (χ2n) is 9.32. The highest BCUT2D eigenvalue weighted by Crippen LogP contribution is 2.46. The average Bonchev–Trinajstić information content (AvgIpc) is 3.22. The summed E-state index contributed by atoms with van der Waals surface area (Å²) in [5.41, 5.74) is -1.31. The van der Waals surface area contributed by atoms with Crippen molar-refractivity contribution in [3.63, 3.8) is 0 Å². The molecule has 1 aliphatic carbocycles. The second-order valence-corrected chi connectivity index (χ2v) is 11.9. The average molecular weight is 481 g/mol. The molecular formula is C21H28N4O5S2. The third kappa shape index (κ3) is 3.81. The number of aryl methyl sites for hydroxylation is 1. The number of hydrogen-bond donors (Lipinski definition) is 3. The fourth-order valence-corrected chi connectivity index (χ4v) is 6.46. The van der Waals surface area contributed by atoms with Crippen molar-refractivity contribution in [2.24, 2.45) is 0 Å². The van der Waals surface area contributed by atoms with E-state index < -0.39 is 26.8 Å². The summed E-state index contributed by atoms with van der Waals surface area (Å²) in [5.74, 6) is 0.196.